The fourth-order valence-corrected chi connectivity index (χ4v) is 2.08. The van der Waals surface area contributed by atoms with E-state index in [4.69, 9.17) is 4.42 Å². The van der Waals surface area contributed by atoms with Gasteiger partial charge >= 0.3 is 0 Å². The fraction of sp³-hybridized carbons (Fsp3) is 0.111. The van der Waals surface area contributed by atoms with Crippen molar-refractivity contribution in [2.75, 3.05) is 9.38 Å². The molecular formula is C9H8BrN3O3S. The molecular weight excluding hydrogens is 310 g/mol. The second-order valence-electron chi connectivity index (χ2n) is 3.15. The minimum atomic E-state index is -3.32. The summed E-state index contributed by atoms with van der Waals surface area (Å²) in [6.07, 6.45) is 1.23. The van der Waals surface area contributed by atoms with E-state index < -0.39 is 10.0 Å². The van der Waals surface area contributed by atoms with Crippen LogP contribution in [0.1, 0.15) is 0 Å². The SMILES string of the molecule is O=S(=O)(CBr)Nc1ccc(-c2nnco2)cc1. The van der Waals surface area contributed by atoms with E-state index >= 15 is 0 Å². The molecule has 90 valence electrons. The van der Waals surface area contributed by atoms with E-state index in [0.717, 1.165) is 5.56 Å². The Bertz CT molecular complexity index is 580. The standard InChI is InChI=1S/C9H8BrN3O3S/c10-5-17(14,15)13-8-3-1-7(2-4-8)9-12-11-6-16-9/h1-4,6,13H,5H2. The molecule has 17 heavy (non-hydrogen) atoms. The lowest BCUT2D eigenvalue weighted by atomic mass is 10.2. The van der Waals surface area contributed by atoms with E-state index in [1.165, 1.54) is 6.39 Å². The number of rotatable bonds is 4. The number of anilines is 1. The average molecular weight is 318 g/mol. The highest BCUT2D eigenvalue weighted by molar-refractivity contribution is 9.10. The molecule has 0 saturated carbocycles. The summed E-state index contributed by atoms with van der Waals surface area (Å²) < 4.78 is 29.8. The van der Waals surface area contributed by atoms with Gasteiger partial charge in [0.1, 0.15) is 4.66 Å². The molecule has 0 fully saturated rings. The second kappa shape index (κ2) is 4.84. The Morgan fingerprint density at radius 2 is 2.00 bits per heavy atom. The van der Waals surface area contributed by atoms with E-state index in [1.54, 1.807) is 24.3 Å². The van der Waals surface area contributed by atoms with Crippen molar-refractivity contribution >= 4 is 31.6 Å². The van der Waals surface area contributed by atoms with Crippen LogP contribution >= 0.6 is 15.9 Å². The largest absolute Gasteiger partial charge is 0.423 e. The van der Waals surface area contributed by atoms with Crippen LogP contribution < -0.4 is 4.72 Å². The van der Waals surface area contributed by atoms with Crippen molar-refractivity contribution in [3.8, 4) is 11.5 Å². The molecule has 1 aromatic carbocycles. The van der Waals surface area contributed by atoms with Crippen LogP contribution in [0, 0.1) is 0 Å². The van der Waals surface area contributed by atoms with Gasteiger partial charge in [0.2, 0.25) is 22.3 Å². The first-order valence-electron chi connectivity index (χ1n) is 4.54. The number of alkyl halides is 1. The topological polar surface area (TPSA) is 85.1 Å². The molecule has 0 atom stereocenters. The summed E-state index contributed by atoms with van der Waals surface area (Å²) in [6.45, 7) is 0. The molecule has 2 rings (SSSR count). The molecule has 0 bridgehead atoms. The molecule has 0 unspecified atom stereocenters. The maximum atomic E-state index is 11.3. The molecule has 0 spiro atoms. The van der Waals surface area contributed by atoms with Gasteiger partial charge in [-0.1, -0.05) is 15.9 Å². The van der Waals surface area contributed by atoms with Crippen LogP contribution in [0.25, 0.3) is 11.5 Å². The third-order valence-electron chi connectivity index (χ3n) is 1.91. The summed E-state index contributed by atoms with van der Waals surface area (Å²) >= 11 is 2.89. The van der Waals surface area contributed by atoms with E-state index in [1.807, 2.05) is 0 Å². The average Bonchev–Trinajstić information content (AvgIpc) is 2.83. The van der Waals surface area contributed by atoms with Crippen molar-refractivity contribution in [2.45, 2.75) is 0 Å². The maximum absolute atomic E-state index is 11.3. The normalized spacial score (nSPS) is 11.4. The molecule has 0 amide bonds. The van der Waals surface area contributed by atoms with Gasteiger partial charge in [-0.2, -0.15) is 0 Å². The highest BCUT2D eigenvalue weighted by Crippen LogP contribution is 2.19. The van der Waals surface area contributed by atoms with Gasteiger partial charge in [0.15, 0.2) is 0 Å². The third kappa shape index (κ3) is 3.04. The van der Waals surface area contributed by atoms with Crippen LogP contribution in [0.4, 0.5) is 5.69 Å². The van der Waals surface area contributed by atoms with Crippen LogP contribution in [0.3, 0.4) is 0 Å². The quantitative estimate of drug-likeness (QED) is 0.869. The maximum Gasteiger partial charge on any atom is 0.247 e. The molecule has 1 N–H and O–H groups in total. The van der Waals surface area contributed by atoms with Crippen LogP contribution in [-0.4, -0.2) is 23.3 Å². The molecule has 2 aromatic rings. The van der Waals surface area contributed by atoms with Crippen molar-refractivity contribution in [1.82, 2.24) is 10.2 Å². The van der Waals surface area contributed by atoms with Gasteiger partial charge in [0.25, 0.3) is 0 Å². The first kappa shape index (κ1) is 12.1. The predicted molar refractivity (Wildman–Crippen MR) is 66.1 cm³/mol. The minimum absolute atomic E-state index is 0.147. The van der Waals surface area contributed by atoms with Gasteiger partial charge in [-0.05, 0) is 24.3 Å². The Morgan fingerprint density at radius 1 is 1.29 bits per heavy atom. The fourth-order valence-electron chi connectivity index (χ4n) is 1.19. The minimum Gasteiger partial charge on any atom is -0.423 e. The molecule has 0 aliphatic rings. The van der Waals surface area contributed by atoms with E-state index in [0.29, 0.717) is 11.6 Å². The van der Waals surface area contributed by atoms with E-state index in [9.17, 15) is 8.42 Å². The van der Waals surface area contributed by atoms with Crippen LogP contribution in [0.15, 0.2) is 35.1 Å². The van der Waals surface area contributed by atoms with Gasteiger partial charge in [-0.3, -0.25) is 4.72 Å². The molecule has 8 heteroatoms. The highest BCUT2D eigenvalue weighted by atomic mass is 79.9. The Kier molecular flexibility index (Phi) is 3.43. The lowest BCUT2D eigenvalue weighted by molar-refractivity contribution is 0.568. The van der Waals surface area contributed by atoms with Gasteiger partial charge in [-0.15, -0.1) is 10.2 Å². The van der Waals surface area contributed by atoms with Crippen LogP contribution in [-0.2, 0) is 10.0 Å². The highest BCUT2D eigenvalue weighted by Gasteiger charge is 2.08. The lowest BCUT2D eigenvalue weighted by Crippen LogP contribution is -2.12. The summed E-state index contributed by atoms with van der Waals surface area (Å²) in [5.41, 5.74) is 1.21. The summed E-state index contributed by atoms with van der Waals surface area (Å²) in [5, 5.41) is 7.30. The number of halogens is 1. The number of benzene rings is 1. The number of aromatic nitrogens is 2. The molecule has 1 heterocycles. The zero-order valence-electron chi connectivity index (χ0n) is 8.50. The molecule has 1 aromatic heterocycles. The summed E-state index contributed by atoms with van der Waals surface area (Å²) in [4.78, 5) is 0. The molecule has 0 saturated heterocycles. The third-order valence-corrected chi connectivity index (χ3v) is 4.55. The summed E-state index contributed by atoms with van der Waals surface area (Å²) in [6, 6.07) is 6.64. The molecule has 0 radical (unpaired) electrons. The second-order valence-corrected chi connectivity index (χ2v) is 6.17. The first-order chi connectivity index (χ1) is 8.11. The summed E-state index contributed by atoms with van der Waals surface area (Å²) in [7, 11) is -3.32. The van der Waals surface area contributed by atoms with Gasteiger partial charge in [-0.25, -0.2) is 8.42 Å². The molecule has 0 aliphatic heterocycles. The van der Waals surface area contributed by atoms with Crippen molar-refractivity contribution in [3.63, 3.8) is 0 Å². The van der Waals surface area contributed by atoms with E-state index in [-0.39, 0.29) is 4.66 Å². The zero-order chi connectivity index (χ0) is 12.3. The Labute approximate surface area is 106 Å². The van der Waals surface area contributed by atoms with Crippen molar-refractivity contribution in [1.29, 1.82) is 0 Å². The number of sulfonamides is 1. The first-order valence-corrected chi connectivity index (χ1v) is 7.31. The monoisotopic (exact) mass is 317 g/mol. The van der Waals surface area contributed by atoms with Gasteiger partial charge in [0, 0.05) is 11.3 Å². The van der Waals surface area contributed by atoms with Crippen LogP contribution in [0.5, 0.6) is 0 Å². The Hall–Kier alpha value is -1.41. The number of hydrogen-bond donors (Lipinski definition) is 1. The van der Waals surface area contributed by atoms with Crippen molar-refractivity contribution in [3.05, 3.63) is 30.7 Å². The molecule has 6 nitrogen and oxygen atoms in total. The zero-order valence-corrected chi connectivity index (χ0v) is 10.9. The van der Waals surface area contributed by atoms with Crippen molar-refractivity contribution < 1.29 is 12.8 Å². The lowest BCUT2D eigenvalue weighted by Gasteiger charge is -2.05. The summed E-state index contributed by atoms with van der Waals surface area (Å²) in [5.74, 6) is 0.389. The number of hydrogen-bond acceptors (Lipinski definition) is 5. The number of nitrogens with zero attached hydrogens (tertiary/aromatic N) is 2. The Morgan fingerprint density at radius 3 is 2.53 bits per heavy atom. The predicted octanol–water partition coefficient (Wildman–Crippen LogP) is 1.83. The van der Waals surface area contributed by atoms with E-state index in [2.05, 4.69) is 30.8 Å². The van der Waals surface area contributed by atoms with Gasteiger partial charge < -0.3 is 4.42 Å². The van der Waals surface area contributed by atoms with Crippen molar-refractivity contribution in [2.24, 2.45) is 0 Å². The van der Waals surface area contributed by atoms with Gasteiger partial charge in [0.05, 0.1) is 0 Å². The smallest absolute Gasteiger partial charge is 0.247 e. The number of nitrogens with one attached hydrogen (secondary N) is 1. The molecule has 0 aliphatic carbocycles. The Balaban J connectivity index is 2.19. The van der Waals surface area contributed by atoms with Crippen LogP contribution in [0.2, 0.25) is 0 Å².